The van der Waals surface area contributed by atoms with Gasteiger partial charge >= 0.3 is 0 Å². The van der Waals surface area contributed by atoms with Crippen LogP contribution in [-0.2, 0) is 6.54 Å². The summed E-state index contributed by atoms with van der Waals surface area (Å²) in [6.07, 6.45) is 3.51. The highest BCUT2D eigenvalue weighted by Gasteiger charge is 2.25. The SMILES string of the molecule is COc1ccc(-c2cc3ccccc3n2CC(O)C[NH+]2CCCCC2C)cc1. The van der Waals surface area contributed by atoms with E-state index in [-0.39, 0.29) is 6.10 Å². The number of likely N-dealkylation sites (tertiary alicyclic amines) is 1. The van der Waals surface area contributed by atoms with Gasteiger partial charge in [0.05, 0.1) is 26.2 Å². The van der Waals surface area contributed by atoms with Gasteiger partial charge in [-0.2, -0.15) is 0 Å². The van der Waals surface area contributed by atoms with Gasteiger partial charge in [0.2, 0.25) is 0 Å². The molecule has 1 saturated heterocycles. The topological polar surface area (TPSA) is 38.8 Å². The van der Waals surface area contributed by atoms with E-state index in [4.69, 9.17) is 4.74 Å². The molecule has 4 nitrogen and oxygen atoms in total. The number of benzene rings is 2. The van der Waals surface area contributed by atoms with Crippen LogP contribution in [0.3, 0.4) is 0 Å². The summed E-state index contributed by atoms with van der Waals surface area (Å²) < 4.78 is 7.58. The molecule has 148 valence electrons. The standard InChI is InChI=1S/C24H30N2O2/c1-18-7-5-6-14-25(18)16-21(27)17-26-23-9-4-3-8-20(23)15-24(26)19-10-12-22(28-2)13-11-19/h3-4,8-13,15,18,21,27H,5-7,14,16-17H2,1-2H3/p+1. The van der Waals surface area contributed by atoms with E-state index in [9.17, 15) is 5.11 Å². The van der Waals surface area contributed by atoms with Gasteiger partial charge in [0.15, 0.2) is 0 Å². The molecule has 0 amide bonds. The number of piperidine rings is 1. The van der Waals surface area contributed by atoms with Crippen molar-refractivity contribution in [2.75, 3.05) is 20.2 Å². The second-order valence-electron chi connectivity index (χ2n) is 8.09. The second kappa shape index (κ2) is 8.38. The number of aromatic nitrogens is 1. The van der Waals surface area contributed by atoms with E-state index in [2.05, 4.69) is 54.0 Å². The Kier molecular flexibility index (Phi) is 5.69. The summed E-state index contributed by atoms with van der Waals surface area (Å²) in [5, 5.41) is 12.1. The van der Waals surface area contributed by atoms with E-state index in [1.807, 2.05) is 12.1 Å². The van der Waals surface area contributed by atoms with Crippen LogP contribution in [0.25, 0.3) is 22.2 Å². The Bertz CT molecular complexity index is 916. The quantitative estimate of drug-likeness (QED) is 0.691. The molecule has 1 aromatic heterocycles. The fourth-order valence-electron chi connectivity index (χ4n) is 4.54. The van der Waals surface area contributed by atoms with Gasteiger partial charge < -0.3 is 19.3 Å². The van der Waals surface area contributed by atoms with Crippen molar-refractivity contribution in [3.05, 3.63) is 54.6 Å². The Labute approximate surface area is 167 Å². The Morgan fingerprint density at radius 3 is 2.68 bits per heavy atom. The maximum atomic E-state index is 10.9. The molecule has 0 aliphatic carbocycles. The summed E-state index contributed by atoms with van der Waals surface area (Å²) in [4.78, 5) is 1.54. The number of aliphatic hydroxyl groups excluding tert-OH is 1. The maximum absolute atomic E-state index is 10.9. The molecule has 0 spiro atoms. The van der Waals surface area contributed by atoms with Gasteiger partial charge in [-0.15, -0.1) is 0 Å². The van der Waals surface area contributed by atoms with Crippen molar-refractivity contribution in [2.24, 2.45) is 0 Å². The number of nitrogens with zero attached hydrogens (tertiary/aromatic N) is 1. The molecule has 0 bridgehead atoms. The van der Waals surface area contributed by atoms with Gasteiger partial charge in [-0.1, -0.05) is 18.2 Å². The zero-order valence-corrected chi connectivity index (χ0v) is 16.9. The van der Waals surface area contributed by atoms with E-state index in [1.54, 1.807) is 12.0 Å². The Hall–Kier alpha value is -2.30. The lowest BCUT2D eigenvalue weighted by molar-refractivity contribution is -0.931. The van der Waals surface area contributed by atoms with Crippen molar-refractivity contribution in [3.8, 4) is 17.0 Å². The molecule has 3 unspecified atom stereocenters. The third-order valence-corrected chi connectivity index (χ3v) is 6.17. The normalized spacial score (nSPS) is 21.0. The van der Waals surface area contributed by atoms with Crippen LogP contribution in [0.2, 0.25) is 0 Å². The van der Waals surface area contributed by atoms with Crippen LogP contribution in [-0.4, -0.2) is 42.0 Å². The lowest BCUT2D eigenvalue weighted by Crippen LogP contribution is -3.17. The summed E-state index contributed by atoms with van der Waals surface area (Å²) >= 11 is 0. The maximum Gasteiger partial charge on any atom is 0.121 e. The van der Waals surface area contributed by atoms with Gasteiger partial charge in [0, 0.05) is 16.6 Å². The molecule has 0 saturated carbocycles. The molecule has 2 heterocycles. The highest BCUT2D eigenvalue weighted by atomic mass is 16.5. The zero-order valence-electron chi connectivity index (χ0n) is 16.9. The fourth-order valence-corrected chi connectivity index (χ4v) is 4.54. The van der Waals surface area contributed by atoms with Crippen molar-refractivity contribution in [1.82, 2.24) is 4.57 Å². The molecule has 3 aromatic rings. The van der Waals surface area contributed by atoms with Crippen LogP contribution >= 0.6 is 0 Å². The van der Waals surface area contributed by atoms with Gasteiger partial charge in [-0.3, -0.25) is 0 Å². The van der Waals surface area contributed by atoms with Crippen LogP contribution in [0.1, 0.15) is 26.2 Å². The summed E-state index contributed by atoms with van der Waals surface area (Å²) in [6.45, 7) is 4.92. The number of hydrogen-bond acceptors (Lipinski definition) is 2. The molecule has 4 heteroatoms. The first kappa shape index (κ1) is 19.0. The molecule has 0 radical (unpaired) electrons. The lowest BCUT2D eigenvalue weighted by atomic mass is 10.0. The van der Waals surface area contributed by atoms with Crippen molar-refractivity contribution in [3.63, 3.8) is 0 Å². The largest absolute Gasteiger partial charge is 0.497 e. The first-order valence-electron chi connectivity index (χ1n) is 10.4. The van der Waals surface area contributed by atoms with Crippen molar-refractivity contribution in [2.45, 2.75) is 44.9 Å². The summed E-state index contributed by atoms with van der Waals surface area (Å²) in [5.74, 6) is 0.856. The van der Waals surface area contributed by atoms with Crippen molar-refractivity contribution in [1.29, 1.82) is 0 Å². The van der Waals surface area contributed by atoms with Gasteiger partial charge in [-0.25, -0.2) is 0 Å². The minimum absolute atomic E-state index is 0.358. The zero-order chi connectivity index (χ0) is 19.5. The summed E-state index contributed by atoms with van der Waals surface area (Å²) in [7, 11) is 1.69. The van der Waals surface area contributed by atoms with E-state index in [1.165, 1.54) is 36.7 Å². The summed E-state index contributed by atoms with van der Waals surface area (Å²) in [5.41, 5.74) is 3.46. The minimum Gasteiger partial charge on any atom is -0.497 e. The number of quaternary nitrogens is 1. The van der Waals surface area contributed by atoms with Crippen LogP contribution in [0.15, 0.2) is 54.6 Å². The van der Waals surface area contributed by atoms with E-state index >= 15 is 0 Å². The predicted octanol–water partition coefficient (Wildman–Crippen LogP) is 3.14. The van der Waals surface area contributed by atoms with E-state index in [0.717, 1.165) is 23.6 Å². The molecule has 4 rings (SSSR count). The Morgan fingerprint density at radius 1 is 1.14 bits per heavy atom. The molecule has 1 fully saturated rings. The van der Waals surface area contributed by atoms with Gasteiger partial charge in [0.1, 0.15) is 18.4 Å². The number of fused-ring (bicyclic) bond motifs is 1. The van der Waals surface area contributed by atoms with Crippen molar-refractivity contribution >= 4 is 10.9 Å². The molecule has 1 aliphatic rings. The molecular formula is C24H31N2O2+. The molecule has 2 N–H and O–H groups in total. The number of nitrogens with one attached hydrogen (secondary N) is 1. The van der Waals surface area contributed by atoms with Gasteiger partial charge in [-0.05, 0) is 68.1 Å². The van der Waals surface area contributed by atoms with Crippen LogP contribution in [0.4, 0.5) is 0 Å². The number of methoxy groups -OCH3 is 1. The van der Waals surface area contributed by atoms with E-state index in [0.29, 0.717) is 12.6 Å². The third-order valence-electron chi connectivity index (χ3n) is 6.17. The van der Waals surface area contributed by atoms with E-state index < -0.39 is 0 Å². The average Bonchev–Trinajstić information content (AvgIpc) is 3.08. The highest BCUT2D eigenvalue weighted by Crippen LogP contribution is 2.29. The number of rotatable bonds is 6. The van der Waals surface area contributed by atoms with Crippen LogP contribution < -0.4 is 9.64 Å². The summed E-state index contributed by atoms with van der Waals surface area (Å²) in [6, 6.07) is 19.5. The van der Waals surface area contributed by atoms with Crippen LogP contribution in [0, 0.1) is 0 Å². The number of ether oxygens (including phenoxy) is 1. The first-order valence-corrected chi connectivity index (χ1v) is 10.4. The lowest BCUT2D eigenvalue weighted by Gasteiger charge is -2.32. The molecular weight excluding hydrogens is 348 g/mol. The Balaban J connectivity index is 1.62. The molecule has 3 atom stereocenters. The monoisotopic (exact) mass is 379 g/mol. The smallest absolute Gasteiger partial charge is 0.121 e. The van der Waals surface area contributed by atoms with Gasteiger partial charge in [0.25, 0.3) is 0 Å². The number of aliphatic hydroxyl groups is 1. The number of hydrogen-bond donors (Lipinski definition) is 2. The van der Waals surface area contributed by atoms with Crippen molar-refractivity contribution < 1.29 is 14.7 Å². The molecule has 2 aromatic carbocycles. The fraction of sp³-hybridized carbons (Fsp3) is 0.417. The second-order valence-corrected chi connectivity index (χ2v) is 8.09. The van der Waals surface area contributed by atoms with Crippen LogP contribution in [0.5, 0.6) is 5.75 Å². The Morgan fingerprint density at radius 2 is 1.93 bits per heavy atom. The molecule has 28 heavy (non-hydrogen) atoms. The first-order chi connectivity index (χ1) is 13.7. The highest BCUT2D eigenvalue weighted by molar-refractivity contribution is 5.87. The number of para-hydroxylation sites is 1. The predicted molar refractivity (Wildman–Crippen MR) is 114 cm³/mol. The minimum atomic E-state index is -0.358. The molecule has 1 aliphatic heterocycles. The third kappa shape index (κ3) is 3.94. The average molecular weight is 380 g/mol.